The molecule has 1 aromatic carbocycles. The SMILES string of the molecule is Cc1cc2ccccc2nc1OCC1CCNC1. The highest BCUT2D eigenvalue weighted by Crippen LogP contribution is 2.22. The first-order chi connectivity index (χ1) is 8.83. The summed E-state index contributed by atoms with van der Waals surface area (Å²) in [7, 11) is 0. The summed E-state index contributed by atoms with van der Waals surface area (Å²) in [6.07, 6.45) is 1.20. The van der Waals surface area contributed by atoms with Crippen LogP contribution in [-0.4, -0.2) is 24.7 Å². The first-order valence-corrected chi connectivity index (χ1v) is 6.53. The largest absolute Gasteiger partial charge is 0.477 e. The summed E-state index contributed by atoms with van der Waals surface area (Å²) < 4.78 is 5.88. The number of nitrogens with one attached hydrogen (secondary N) is 1. The van der Waals surface area contributed by atoms with Crippen molar-refractivity contribution < 1.29 is 4.74 Å². The summed E-state index contributed by atoms with van der Waals surface area (Å²) in [6.45, 7) is 4.99. The van der Waals surface area contributed by atoms with Crippen molar-refractivity contribution in [1.82, 2.24) is 10.3 Å². The molecule has 1 N–H and O–H groups in total. The van der Waals surface area contributed by atoms with E-state index in [2.05, 4.69) is 29.4 Å². The summed E-state index contributed by atoms with van der Waals surface area (Å²) in [5, 5.41) is 4.52. The molecule has 0 saturated carbocycles. The van der Waals surface area contributed by atoms with Gasteiger partial charge in [-0.3, -0.25) is 0 Å². The van der Waals surface area contributed by atoms with E-state index in [1.165, 1.54) is 11.8 Å². The van der Waals surface area contributed by atoms with Gasteiger partial charge in [0.25, 0.3) is 0 Å². The second-order valence-corrected chi connectivity index (χ2v) is 4.97. The Morgan fingerprint density at radius 1 is 1.39 bits per heavy atom. The van der Waals surface area contributed by atoms with Crippen molar-refractivity contribution in [2.24, 2.45) is 5.92 Å². The third-order valence-corrected chi connectivity index (χ3v) is 3.49. The molecule has 2 aromatic rings. The third-order valence-electron chi connectivity index (χ3n) is 3.49. The van der Waals surface area contributed by atoms with Crippen LogP contribution < -0.4 is 10.1 Å². The predicted octanol–water partition coefficient (Wildman–Crippen LogP) is 2.53. The normalized spacial score (nSPS) is 19.3. The Hall–Kier alpha value is -1.61. The molecule has 1 saturated heterocycles. The molecule has 0 amide bonds. The van der Waals surface area contributed by atoms with E-state index in [9.17, 15) is 0 Å². The van der Waals surface area contributed by atoms with Gasteiger partial charge in [-0.1, -0.05) is 18.2 Å². The van der Waals surface area contributed by atoms with Crippen LogP contribution in [0.2, 0.25) is 0 Å². The quantitative estimate of drug-likeness (QED) is 0.898. The van der Waals surface area contributed by atoms with Crippen LogP contribution in [0.1, 0.15) is 12.0 Å². The van der Waals surface area contributed by atoms with Crippen molar-refractivity contribution in [3.05, 3.63) is 35.9 Å². The van der Waals surface area contributed by atoms with Gasteiger partial charge in [0, 0.05) is 23.4 Å². The van der Waals surface area contributed by atoms with E-state index in [4.69, 9.17) is 4.74 Å². The molecule has 0 aliphatic carbocycles. The molecule has 3 nitrogen and oxygen atoms in total. The number of ether oxygens (including phenoxy) is 1. The molecule has 1 aromatic heterocycles. The van der Waals surface area contributed by atoms with Gasteiger partial charge in [-0.05, 0) is 32.0 Å². The predicted molar refractivity (Wildman–Crippen MR) is 73.0 cm³/mol. The standard InChI is InChI=1S/C15H18N2O/c1-11-8-13-4-2-3-5-14(13)17-15(11)18-10-12-6-7-16-9-12/h2-5,8,12,16H,6-7,9-10H2,1H3. The maximum absolute atomic E-state index is 5.88. The fourth-order valence-electron chi connectivity index (χ4n) is 2.40. The first kappa shape index (κ1) is 11.5. The van der Waals surface area contributed by atoms with E-state index in [0.717, 1.165) is 36.7 Å². The minimum Gasteiger partial charge on any atom is -0.477 e. The molecule has 1 fully saturated rings. The number of pyridine rings is 1. The lowest BCUT2D eigenvalue weighted by atomic mass is 10.1. The van der Waals surface area contributed by atoms with Crippen LogP contribution in [0.15, 0.2) is 30.3 Å². The number of fused-ring (bicyclic) bond motifs is 1. The molecule has 1 aliphatic rings. The Kier molecular flexibility index (Phi) is 3.15. The van der Waals surface area contributed by atoms with Crippen molar-refractivity contribution in [3.8, 4) is 5.88 Å². The van der Waals surface area contributed by atoms with Crippen LogP contribution in [0.25, 0.3) is 10.9 Å². The maximum atomic E-state index is 5.88. The van der Waals surface area contributed by atoms with Gasteiger partial charge in [-0.15, -0.1) is 0 Å². The van der Waals surface area contributed by atoms with Gasteiger partial charge in [-0.25, -0.2) is 4.98 Å². The van der Waals surface area contributed by atoms with E-state index < -0.39 is 0 Å². The highest BCUT2D eigenvalue weighted by molar-refractivity contribution is 5.79. The zero-order valence-electron chi connectivity index (χ0n) is 10.6. The first-order valence-electron chi connectivity index (χ1n) is 6.53. The third kappa shape index (κ3) is 2.31. The monoisotopic (exact) mass is 242 g/mol. The summed E-state index contributed by atoms with van der Waals surface area (Å²) in [5.74, 6) is 1.40. The second-order valence-electron chi connectivity index (χ2n) is 4.97. The Bertz CT molecular complexity index is 547. The zero-order chi connectivity index (χ0) is 12.4. The van der Waals surface area contributed by atoms with Crippen molar-refractivity contribution in [2.75, 3.05) is 19.7 Å². The zero-order valence-corrected chi connectivity index (χ0v) is 10.6. The fraction of sp³-hybridized carbons (Fsp3) is 0.400. The number of aromatic nitrogens is 1. The summed E-state index contributed by atoms with van der Waals surface area (Å²) in [4.78, 5) is 4.59. The number of aryl methyl sites for hydroxylation is 1. The molecule has 0 radical (unpaired) electrons. The minimum atomic E-state index is 0.623. The summed E-state index contributed by atoms with van der Waals surface area (Å²) in [5.41, 5.74) is 2.11. The lowest BCUT2D eigenvalue weighted by Gasteiger charge is -2.12. The lowest BCUT2D eigenvalue weighted by molar-refractivity contribution is 0.250. The molecule has 0 spiro atoms. The number of hydrogen-bond acceptors (Lipinski definition) is 3. The molecular formula is C15H18N2O. The molecule has 94 valence electrons. The van der Waals surface area contributed by atoms with Crippen LogP contribution >= 0.6 is 0 Å². The van der Waals surface area contributed by atoms with Gasteiger partial charge in [-0.2, -0.15) is 0 Å². The Balaban J connectivity index is 1.80. The molecule has 2 heterocycles. The van der Waals surface area contributed by atoms with E-state index in [-0.39, 0.29) is 0 Å². The molecule has 1 unspecified atom stereocenters. The second kappa shape index (κ2) is 4.94. The molecule has 3 heteroatoms. The molecule has 1 aliphatic heterocycles. The van der Waals surface area contributed by atoms with E-state index >= 15 is 0 Å². The number of benzene rings is 1. The van der Waals surface area contributed by atoms with Gasteiger partial charge >= 0.3 is 0 Å². The minimum absolute atomic E-state index is 0.623. The number of nitrogens with zero attached hydrogens (tertiary/aromatic N) is 1. The molecule has 0 bridgehead atoms. The lowest BCUT2D eigenvalue weighted by Crippen LogP contribution is -2.16. The van der Waals surface area contributed by atoms with Crippen LogP contribution in [0.3, 0.4) is 0 Å². The number of hydrogen-bond donors (Lipinski definition) is 1. The van der Waals surface area contributed by atoms with Gasteiger partial charge < -0.3 is 10.1 Å². The Morgan fingerprint density at radius 3 is 3.11 bits per heavy atom. The fourth-order valence-corrected chi connectivity index (χ4v) is 2.40. The van der Waals surface area contributed by atoms with Gasteiger partial charge in [0.15, 0.2) is 0 Å². The van der Waals surface area contributed by atoms with Crippen molar-refractivity contribution in [1.29, 1.82) is 0 Å². The molecular weight excluding hydrogens is 224 g/mol. The molecule has 1 atom stereocenters. The maximum Gasteiger partial charge on any atom is 0.216 e. The van der Waals surface area contributed by atoms with Crippen molar-refractivity contribution in [2.45, 2.75) is 13.3 Å². The Labute approximate surface area is 107 Å². The van der Waals surface area contributed by atoms with Gasteiger partial charge in [0.1, 0.15) is 0 Å². The average molecular weight is 242 g/mol. The summed E-state index contributed by atoms with van der Waals surface area (Å²) >= 11 is 0. The average Bonchev–Trinajstić information content (AvgIpc) is 2.89. The van der Waals surface area contributed by atoms with Crippen LogP contribution in [0, 0.1) is 12.8 Å². The van der Waals surface area contributed by atoms with Gasteiger partial charge in [0.2, 0.25) is 5.88 Å². The summed E-state index contributed by atoms with van der Waals surface area (Å²) in [6, 6.07) is 10.3. The van der Waals surface area contributed by atoms with Crippen LogP contribution in [0.4, 0.5) is 0 Å². The highest BCUT2D eigenvalue weighted by atomic mass is 16.5. The van der Waals surface area contributed by atoms with Crippen LogP contribution in [-0.2, 0) is 0 Å². The smallest absolute Gasteiger partial charge is 0.216 e. The van der Waals surface area contributed by atoms with E-state index in [1.54, 1.807) is 0 Å². The molecule has 3 rings (SSSR count). The van der Waals surface area contributed by atoms with Crippen LogP contribution in [0.5, 0.6) is 5.88 Å². The van der Waals surface area contributed by atoms with E-state index in [0.29, 0.717) is 5.92 Å². The number of para-hydroxylation sites is 1. The van der Waals surface area contributed by atoms with Crippen molar-refractivity contribution in [3.63, 3.8) is 0 Å². The molecule has 18 heavy (non-hydrogen) atoms. The topological polar surface area (TPSA) is 34.1 Å². The van der Waals surface area contributed by atoms with Gasteiger partial charge in [0.05, 0.1) is 12.1 Å². The highest BCUT2D eigenvalue weighted by Gasteiger charge is 2.15. The van der Waals surface area contributed by atoms with Crippen molar-refractivity contribution >= 4 is 10.9 Å². The Morgan fingerprint density at radius 2 is 2.28 bits per heavy atom. The number of rotatable bonds is 3. The van der Waals surface area contributed by atoms with E-state index in [1.807, 2.05) is 18.2 Å².